The molecule has 3 nitrogen and oxygen atoms in total. The third-order valence-corrected chi connectivity index (χ3v) is 36.6. The van der Waals surface area contributed by atoms with Gasteiger partial charge in [-0.3, -0.25) is 0 Å². The van der Waals surface area contributed by atoms with Gasteiger partial charge in [0, 0.05) is 0 Å². The predicted molar refractivity (Wildman–Crippen MR) is 186 cm³/mol. The van der Waals surface area contributed by atoms with E-state index in [0.29, 0.717) is 13.2 Å². The molecule has 43 heavy (non-hydrogen) atoms. The van der Waals surface area contributed by atoms with E-state index in [-0.39, 0.29) is 0 Å². The topological polar surface area (TPSA) is 27.7 Å². The van der Waals surface area contributed by atoms with Gasteiger partial charge in [0.15, 0.2) is 0 Å². The van der Waals surface area contributed by atoms with Gasteiger partial charge < -0.3 is 0 Å². The van der Waals surface area contributed by atoms with Crippen molar-refractivity contribution in [3.05, 3.63) is 121 Å². The van der Waals surface area contributed by atoms with E-state index in [1.54, 1.807) is 0 Å². The van der Waals surface area contributed by atoms with Gasteiger partial charge in [-0.25, -0.2) is 0 Å². The van der Waals surface area contributed by atoms with Crippen LogP contribution in [0.5, 0.6) is 0 Å². The first-order valence-corrected chi connectivity index (χ1v) is 26.8. The van der Waals surface area contributed by atoms with Gasteiger partial charge in [-0.15, -0.1) is 0 Å². The summed E-state index contributed by atoms with van der Waals surface area (Å²) in [6, 6.07) is 43.3. The molecule has 0 N–H and O–H groups in total. The summed E-state index contributed by atoms with van der Waals surface area (Å²) < 4.78 is 27.4. The molecule has 0 amide bonds. The minimum absolute atomic E-state index is 0.701. The first-order chi connectivity index (χ1) is 21.2. The standard InChI is InChI=1S/2C7H15O.4C6H5.O.2Sn/c2*1-2-3-4-5-6-7-8;4*1-2-4-6-5-3-1;;;/h2*2-7H2,1H3;4*1-5H;;;/q2*-1;;;;;;2*+1. The predicted octanol–water partition coefficient (Wildman–Crippen LogP) is 7.49. The van der Waals surface area contributed by atoms with E-state index in [0.717, 1.165) is 12.8 Å². The van der Waals surface area contributed by atoms with E-state index in [1.165, 1.54) is 65.7 Å². The van der Waals surface area contributed by atoms with Crippen LogP contribution in [-0.4, -0.2) is 51.6 Å². The van der Waals surface area contributed by atoms with Gasteiger partial charge in [-0.1, -0.05) is 0 Å². The molecule has 228 valence electrons. The van der Waals surface area contributed by atoms with Crippen LogP contribution in [0.2, 0.25) is 0 Å². The average molecular weight is 792 g/mol. The van der Waals surface area contributed by atoms with E-state index in [4.69, 9.17) is 7.56 Å². The van der Waals surface area contributed by atoms with Gasteiger partial charge in [0.05, 0.1) is 0 Å². The van der Waals surface area contributed by atoms with Crippen LogP contribution in [0.1, 0.15) is 78.1 Å². The Balaban J connectivity index is 1.84. The van der Waals surface area contributed by atoms with Crippen molar-refractivity contribution < 1.29 is 7.56 Å². The Morgan fingerprint density at radius 2 is 0.651 bits per heavy atom. The number of hydrogen-bond acceptors (Lipinski definition) is 3. The molecule has 0 heterocycles. The maximum absolute atomic E-state index is 8.00. The molecule has 5 heteroatoms. The molecule has 4 rings (SSSR count). The second kappa shape index (κ2) is 19.0. The SMILES string of the molecule is CCCCCCC[O][Sn]([O][Sn]([O]CCCCCCC)([c]1ccccc1)[c]1ccccc1)([c]1ccccc1)[c]1ccccc1. The summed E-state index contributed by atoms with van der Waals surface area (Å²) >= 11 is -8.63. The fraction of sp³-hybridized carbons (Fsp3) is 0.368. The molecule has 0 saturated heterocycles. The van der Waals surface area contributed by atoms with Crippen LogP contribution in [0, 0.1) is 0 Å². The van der Waals surface area contributed by atoms with Crippen molar-refractivity contribution >= 4 is 52.7 Å². The van der Waals surface area contributed by atoms with Gasteiger partial charge in [-0.05, 0) is 0 Å². The number of benzene rings is 4. The second-order valence-corrected chi connectivity index (χ2v) is 31.1. The first kappa shape index (κ1) is 34.2. The normalized spacial score (nSPS) is 12.0. The van der Waals surface area contributed by atoms with Crippen LogP contribution in [0.4, 0.5) is 0 Å². The average Bonchev–Trinajstić information content (AvgIpc) is 3.08. The minimum atomic E-state index is -4.31. The van der Waals surface area contributed by atoms with E-state index in [9.17, 15) is 0 Å². The number of hydrogen-bond donors (Lipinski definition) is 0. The molecule has 4 aromatic carbocycles. The third-order valence-electron chi connectivity index (χ3n) is 8.01. The summed E-state index contributed by atoms with van der Waals surface area (Å²) in [6.07, 6.45) is 12.0. The fourth-order valence-corrected chi connectivity index (χ4v) is 41.0. The Bertz CT molecular complexity index is 1090. The zero-order valence-corrected chi connectivity index (χ0v) is 32.0. The Morgan fingerprint density at radius 3 is 0.930 bits per heavy atom. The molecule has 4 aromatic rings. The molecule has 0 aromatic heterocycles. The molecule has 0 aliphatic rings. The Hall–Kier alpha value is -1.64. The Kier molecular flexibility index (Phi) is 15.1. The van der Waals surface area contributed by atoms with E-state index in [1.807, 2.05) is 0 Å². The summed E-state index contributed by atoms with van der Waals surface area (Å²) in [6.45, 7) is 5.93. The van der Waals surface area contributed by atoms with Crippen molar-refractivity contribution in [1.82, 2.24) is 0 Å². The van der Waals surface area contributed by atoms with Crippen LogP contribution < -0.4 is 14.3 Å². The summed E-state index contributed by atoms with van der Waals surface area (Å²) in [5, 5.41) is 0. The van der Waals surface area contributed by atoms with Crippen LogP contribution >= 0.6 is 0 Å². The molecule has 0 bridgehead atoms. The van der Waals surface area contributed by atoms with Gasteiger partial charge in [0.25, 0.3) is 0 Å². The number of unbranched alkanes of at least 4 members (excludes halogenated alkanes) is 8. The molecular formula is C38H50O3Sn2. The molecule has 0 spiro atoms. The van der Waals surface area contributed by atoms with Crippen molar-refractivity contribution in [3.8, 4) is 0 Å². The van der Waals surface area contributed by atoms with Gasteiger partial charge in [-0.2, -0.15) is 0 Å². The van der Waals surface area contributed by atoms with Crippen molar-refractivity contribution in [2.75, 3.05) is 13.2 Å². The van der Waals surface area contributed by atoms with Gasteiger partial charge >= 0.3 is 273 Å². The monoisotopic (exact) mass is 794 g/mol. The van der Waals surface area contributed by atoms with Crippen LogP contribution in [0.25, 0.3) is 0 Å². The van der Waals surface area contributed by atoms with Crippen molar-refractivity contribution in [2.45, 2.75) is 78.1 Å². The number of rotatable bonds is 20. The molecule has 0 saturated carbocycles. The van der Waals surface area contributed by atoms with Crippen LogP contribution in [0.15, 0.2) is 121 Å². The van der Waals surface area contributed by atoms with Crippen LogP contribution in [0.3, 0.4) is 0 Å². The maximum atomic E-state index is 8.00. The molecule has 0 atom stereocenters. The molecule has 0 aliphatic carbocycles. The van der Waals surface area contributed by atoms with Gasteiger partial charge in [0.1, 0.15) is 0 Å². The van der Waals surface area contributed by atoms with Crippen molar-refractivity contribution in [1.29, 1.82) is 0 Å². The van der Waals surface area contributed by atoms with E-state index >= 15 is 0 Å². The molecular weight excluding hydrogens is 742 g/mol. The van der Waals surface area contributed by atoms with Gasteiger partial charge in [0.2, 0.25) is 0 Å². The summed E-state index contributed by atoms with van der Waals surface area (Å²) in [5.41, 5.74) is 0. The molecule has 0 unspecified atom stereocenters. The Morgan fingerprint density at radius 1 is 0.372 bits per heavy atom. The summed E-state index contributed by atoms with van der Waals surface area (Å²) in [7, 11) is 0. The Labute approximate surface area is 270 Å². The molecule has 0 radical (unpaired) electrons. The first-order valence-electron chi connectivity index (χ1n) is 16.5. The van der Waals surface area contributed by atoms with Crippen molar-refractivity contribution in [3.63, 3.8) is 0 Å². The van der Waals surface area contributed by atoms with E-state index in [2.05, 4.69) is 135 Å². The molecule has 0 aliphatic heterocycles. The summed E-state index contributed by atoms with van der Waals surface area (Å²) in [5.74, 6) is 0. The fourth-order valence-electron chi connectivity index (χ4n) is 5.64. The van der Waals surface area contributed by atoms with E-state index < -0.39 is 38.4 Å². The second-order valence-electron chi connectivity index (χ2n) is 11.3. The van der Waals surface area contributed by atoms with Crippen molar-refractivity contribution in [2.24, 2.45) is 0 Å². The quantitative estimate of drug-likeness (QED) is 0.0687. The zero-order valence-electron chi connectivity index (χ0n) is 26.3. The van der Waals surface area contributed by atoms with Crippen LogP contribution in [-0.2, 0) is 7.56 Å². The third kappa shape index (κ3) is 9.67. The molecule has 0 fully saturated rings. The zero-order chi connectivity index (χ0) is 30.1. The summed E-state index contributed by atoms with van der Waals surface area (Å²) in [4.78, 5) is 0.